The molecular formula is C66H40N6OS. The summed E-state index contributed by atoms with van der Waals surface area (Å²) in [5, 5.41) is 34.1. The second-order valence-electron chi connectivity index (χ2n) is 18.2. The lowest BCUT2D eigenvalue weighted by atomic mass is 9.77. The van der Waals surface area contributed by atoms with Crippen molar-refractivity contribution in [1.82, 2.24) is 30.8 Å². The minimum Gasteiger partial charge on any atom is -0.456 e. The SMILES string of the molecule is c1ccc(-c2cc(-c3nnnc(-c4ccccc4)c3-c3ccccc3)c(-c3cccc4oc5ccccc5c34)c(-c3nnnc(-c4ccccc4)c3-c3ccccc3)c2-c2cccc3sc4ccccc4c23)cc1. The van der Waals surface area contributed by atoms with E-state index >= 15 is 0 Å². The lowest BCUT2D eigenvalue weighted by molar-refractivity contribution is 0.669. The number of para-hydroxylation sites is 1. The van der Waals surface area contributed by atoms with Crippen LogP contribution in [-0.2, 0) is 0 Å². The van der Waals surface area contributed by atoms with E-state index in [1.165, 1.54) is 14.8 Å². The average Bonchev–Trinajstić information content (AvgIpc) is 4.07. The Kier molecular flexibility index (Phi) is 10.6. The van der Waals surface area contributed by atoms with Gasteiger partial charge in [0.05, 0.1) is 0 Å². The molecule has 0 unspecified atom stereocenters. The van der Waals surface area contributed by atoms with Crippen molar-refractivity contribution < 1.29 is 4.42 Å². The molecule has 10 aromatic carbocycles. The van der Waals surface area contributed by atoms with E-state index in [9.17, 15) is 0 Å². The first-order chi connectivity index (χ1) is 36.8. The van der Waals surface area contributed by atoms with E-state index in [0.717, 1.165) is 105 Å². The number of benzene rings is 10. The third-order valence-corrected chi connectivity index (χ3v) is 15.1. The molecule has 0 aliphatic carbocycles. The normalized spacial score (nSPS) is 11.5. The minimum absolute atomic E-state index is 0.653. The summed E-state index contributed by atoms with van der Waals surface area (Å²) in [6.07, 6.45) is 0. The molecule has 7 nitrogen and oxygen atoms in total. The summed E-state index contributed by atoms with van der Waals surface area (Å²) < 4.78 is 9.16. The molecule has 14 aromatic rings. The van der Waals surface area contributed by atoms with Crippen LogP contribution < -0.4 is 0 Å². The molecule has 8 heteroatoms. The molecule has 0 aliphatic rings. The van der Waals surface area contributed by atoms with Crippen molar-refractivity contribution in [3.05, 3.63) is 243 Å². The van der Waals surface area contributed by atoms with Gasteiger partial charge in [-0.15, -0.1) is 31.7 Å². The van der Waals surface area contributed by atoms with Gasteiger partial charge in [-0.3, -0.25) is 0 Å². The Morgan fingerprint density at radius 3 is 1.35 bits per heavy atom. The first-order valence-corrected chi connectivity index (χ1v) is 25.4. The third-order valence-electron chi connectivity index (χ3n) is 14.0. The predicted octanol–water partition coefficient (Wildman–Crippen LogP) is 17.3. The average molecular weight is 965 g/mol. The van der Waals surface area contributed by atoms with Gasteiger partial charge in [-0.1, -0.05) is 212 Å². The van der Waals surface area contributed by atoms with Crippen molar-refractivity contribution in [2.75, 3.05) is 0 Å². The fourth-order valence-electron chi connectivity index (χ4n) is 10.8. The molecule has 0 aliphatic heterocycles. The minimum atomic E-state index is 0.653. The van der Waals surface area contributed by atoms with Crippen molar-refractivity contribution in [2.45, 2.75) is 0 Å². The Morgan fingerprint density at radius 2 is 0.716 bits per heavy atom. The summed E-state index contributed by atoms with van der Waals surface area (Å²) in [6.45, 7) is 0. The number of hydrogen-bond donors (Lipinski definition) is 0. The quantitative estimate of drug-likeness (QED) is 0.142. The van der Waals surface area contributed by atoms with E-state index < -0.39 is 0 Å². The van der Waals surface area contributed by atoms with Crippen molar-refractivity contribution in [1.29, 1.82) is 0 Å². The van der Waals surface area contributed by atoms with Gasteiger partial charge in [0, 0.05) is 75.5 Å². The lowest BCUT2D eigenvalue weighted by Gasteiger charge is -2.26. The predicted molar refractivity (Wildman–Crippen MR) is 302 cm³/mol. The molecule has 0 fully saturated rings. The first kappa shape index (κ1) is 43.1. The van der Waals surface area contributed by atoms with Gasteiger partial charge in [-0.05, 0) is 74.1 Å². The molecule has 0 amide bonds. The maximum Gasteiger partial charge on any atom is 0.136 e. The number of thiophene rings is 1. The number of rotatable bonds is 9. The number of furan rings is 1. The van der Waals surface area contributed by atoms with Crippen LogP contribution in [0.15, 0.2) is 247 Å². The number of nitrogens with zero attached hydrogens (tertiary/aromatic N) is 6. The van der Waals surface area contributed by atoms with Crippen LogP contribution in [0.4, 0.5) is 0 Å². The highest BCUT2D eigenvalue weighted by atomic mass is 32.1. The molecule has 4 aromatic heterocycles. The zero-order chi connectivity index (χ0) is 49.0. The van der Waals surface area contributed by atoms with Gasteiger partial charge >= 0.3 is 0 Å². The fourth-order valence-corrected chi connectivity index (χ4v) is 12.0. The molecule has 0 saturated carbocycles. The molecule has 0 spiro atoms. The number of hydrogen-bond acceptors (Lipinski definition) is 8. The van der Waals surface area contributed by atoms with Crippen molar-refractivity contribution >= 4 is 53.4 Å². The lowest BCUT2D eigenvalue weighted by Crippen LogP contribution is -2.06. The highest BCUT2D eigenvalue weighted by Crippen LogP contribution is 2.56. The van der Waals surface area contributed by atoms with E-state index in [2.05, 4.69) is 187 Å². The second kappa shape index (κ2) is 18.1. The molecule has 14 rings (SSSR count). The smallest absolute Gasteiger partial charge is 0.136 e. The number of fused-ring (bicyclic) bond motifs is 6. The molecule has 0 N–H and O–H groups in total. The Morgan fingerprint density at radius 1 is 0.270 bits per heavy atom. The van der Waals surface area contributed by atoms with Gasteiger partial charge in [0.2, 0.25) is 0 Å². The van der Waals surface area contributed by atoms with Crippen LogP contribution in [0.2, 0.25) is 0 Å². The molecule has 4 heterocycles. The van der Waals surface area contributed by atoms with Crippen molar-refractivity contribution in [3.8, 4) is 101 Å². The largest absolute Gasteiger partial charge is 0.456 e. The summed E-state index contributed by atoms with van der Waals surface area (Å²) in [5.74, 6) is 0. The van der Waals surface area contributed by atoms with Crippen molar-refractivity contribution in [2.24, 2.45) is 0 Å². The fraction of sp³-hybridized carbons (Fsp3) is 0. The zero-order valence-corrected chi connectivity index (χ0v) is 40.4. The van der Waals surface area contributed by atoms with Crippen LogP contribution in [0.5, 0.6) is 0 Å². The van der Waals surface area contributed by atoms with E-state index in [1.54, 1.807) is 11.3 Å². The molecule has 0 saturated heterocycles. The standard InChI is InChI=1S/C66H40N6OS/c1-6-22-41(23-7-1)50-40-51(65-56(42-24-8-2-9-25-42)63(67-71-69-65)44-28-12-4-13-29-44)61(48-34-20-37-53-58(48)46-32-16-18-36-52(46)73-53)62(60(50)49-35-21-39-55-59(49)47-33-17-19-38-54(47)74-55)66-57(43-26-10-3-11-27-43)64(68-72-70-66)45-30-14-5-15-31-45/h1-40H. The Hall–Kier alpha value is -9.76. The molecule has 74 heavy (non-hydrogen) atoms. The zero-order valence-electron chi connectivity index (χ0n) is 39.6. The van der Waals surface area contributed by atoms with Gasteiger partial charge in [0.1, 0.15) is 33.9 Å². The number of aromatic nitrogens is 6. The van der Waals surface area contributed by atoms with E-state index in [4.69, 9.17) is 30.0 Å². The van der Waals surface area contributed by atoms with Crippen LogP contribution in [0.1, 0.15) is 0 Å². The van der Waals surface area contributed by atoms with Gasteiger partial charge in [0.25, 0.3) is 0 Å². The van der Waals surface area contributed by atoms with Gasteiger partial charge in [-0.25, -0.2) is 0 Å². The maximum absolute atomic E-state index is 6.77. The van der Waals surface area contributed by atoms with Crippen LogP contribution in [0.3, 0.4) is 0 Å². The Balaban J connectivity index is 1.28. The Labute approximate surface area is 429 Å². The van der Waals surface area contributed by atoms with Gasteiger partial charge < -0.3 is 4.42 Å². The summed E-state index contributed by atoms with van der Waals surface area (Å²) in [4.78, 5) is 0. The molecule has 346 valence electrons. The highest BCUT2D eigenvalue weighted by molar-refractivity contribution is 7.26. The van der Waals surface area contributed by atoms with E-state index in [-0.39, 0.29) is 0 Å². The molecule has 0 bridgehead atoms. The summed E-state index contributed by atoms with van der Waals surface area (Å²) in [6, 6.07) is 84.5. The third kappa shape index (κ3) is 7.19. The maximum atomic E-state index is 6.77. The van der Waals surface area contributed by atoms with Crippen LogP contribution in [-0.4, -0.2) is 30.8 Å². The van der Waals surface area contributed by atoms with E-state index in [0.29, 0.717) is 22.8 Å². The second-order valence-corrected chi connectivity index (χ2v) is 19.3. The van der Waals surface area contributed by atoms with Crippen LogP contribution in [0, 0.1) is 0 Å². The highest BCUT2D eigenvalue weighted by Gasteiger charge is 2.33. The molecule has 0 atom stereocenters. The molecular weight excluding hydrogens is 925 g/mol. The Bertz CT molecular complexity index is 4410. The molecule has 0 radical (unpaired) electrons. The summed E-state index contributed by atoms with van der Waals surface area (Å²) in [7, 11) is 0. The van der Waals surface area contributed by atoms with E-state index in [1.807, 2.05) is 60.7 Å². The summed E-state index contributed by atoms with van der Waals surface area (Å²) in [5.41, 5.74) is 17.2. The van der Waals surface area contributed by atoms with Crippen LogP contribution >= 0.6 is 11.3 Å². The topological polar surface area (TPSA) is 90.5 Å². The first-order valence-electron chi connectivity index (χ1n) is 24.5. The summed E-state index contributed by atoms with van der Waals surface area (Å²) >= 11 is 1.80. The van der Waals surface area contributed by atoms with Crippen molar-refractivity contribution in [3.63, 3.8) is 0 Å². The van der Waals surface area contributed by atoms with Gasteiger partial charge in [0.15, 0.2) is 0 Å². The van der Waals surface area contributed by atoms with Crippen LogP contribution in [0.25, 0.3) is 143 Å². The van der Waals surface area contributed by atoms with Gasteiger partial charge in [-0.2, -0.15) is 0 Å². The monoisotopic (exact) mass is 964 g/mol.